The van der Waals surface area contributed by atoms with Crippen molar-refractivity contribution >= 4 is 11.7 Å². The first-order valence-corrected chi connectivity index (χ1v) is 14.8. The predicted octanol–water partition coefficient (Wildman–Crippen LogP) is 9.32. The summed E-state index contributed by atoms with van der Waals surface area (Å²) in [4.78, 5) is 24.7. The molecule has 1 amide bonds. The van der Waals surface area contributed by atoms with Gasteiger partial charge in [0, 0.05) is 12.8 Å². The van der Waals surface area contributed by atoms with Crippen LogP contribution >= 0.6 is 0 Å². The van der Waals surface area contributed by atoms with Crippen molar-refractivity contribution in [3.63, 3.8) is 0 Å². The molecular formula is C30H59NO2. The lowest BCUT2D eigenvalue weighted by molar-refractivity contribution is -0.128. The van der Waals surface area contributed by atoms with E-state index in [9.17, 15) is 9.59 Å². The van der Waals surface area contributed by atoms with E-state index in [2.05, 4.69) is 33.0 Å². The second-order valence-electron chi connectivity index (χ2n) is 10.7. The molecule has 0 aromatic carbocycles. The minimum atomic E-state index is -0.282. The Bertz CT molecular complexity index is 447. The fourth-order valence-corrected chi connectivity index (χ4v) is 4.54. The third-order valence-electron chi connectivity index (χ3n) is 6.72. The zero-order valence-corrected chi connectivity index (χ0v) is 23.0. The van der Waals surface area contributed by atoms with Gasteiger partial charge in [-0.25, -0.2) is 0 Å². The number of unbranched alkanes of at least 4 members (excludes halogenated alkanes) is 17. The molecule has 3 heteroatoms. The number of carbonyl (C=O) groups is 2. The molecule has 3 nitrogen and oxygen atoms in total. The molecule has 0 aromatic heterocycles. The quantitative estimate of drug-likeness (QED) is 0.136. The highest BCUT2D eigenvalue weighted by Gasteiger charge is 2.21. The molecule has 1 unspecified atom stereocenters. The van der Waals surface area contributed by atoms with E-state index < -0.39 is 0 Å². The van der Waals surface area contributed by atoms with Gasteiger partial charge in [-0.15, -0.1) is 0 Å². The molecule has 0 radical (unpaired) electrons. The summed E-state index contributed by atoms with van der Waals surface area (Å²) in [5, 5.41) is 3.00. The van der Waals surface area contributed by atoms with Crippen LogP contribution in [0.1, 0.15) is 169 Å². The maximum absolute atomic E-state index is 12.6. The van der Waals surface area contributed by atoms with E-state index in [1.54, 1.807) is 0 Å². The normalized spacial score (nSPS) is 12.3. The lowest BCUT2D eigenvalue weighted by Gasteiger charge is -2.19. The van der Waals surface area contributed by atoms with Crippen molar-refractivity contribution < 1.29 is 9.59 Å². The van der Waals surface area contributed by atoms with Gasteiger partial charge in [0.15, 0.2) is 5.78 Å². The highest BCUT2D eigenvalue weighted by Crippen LogP contribution is 2.15. The van der Waals surface area contributed by atoms with Gasteiger partial charge in [-0.2, -0.15) is 0 Å². The van der Waals surface area contributed by atoms with Crippen LogP contribution in [0.4, 0.5) is 0 Å². The number of hydrogen-bond donors (Lipinski definition) is 1. The number of hydrogen-bond acceptors (Lipinski definition) is 2. The Labute approximate surface area is 207 Å². The fourth-order valence-electron chi connectivity index (χ4n) is 4.54. The maximum atomic E-state index is 12.6. The van der Waals surface area contributed by atoms with Gasteiger partial charge in [0.25, 0.3) is 0 Å². The molecule has 196 valence electrons. The van der Waals surface area contributed by atoms with Gasteiger partial charge in [-0.3, -0.25) is 9.59 Å². The van der Waals surface area contributed by atoms with Gasteiger partial charge in [-0.1, -0.05) is 137 Å². The summed E-state index contributed by atoms with van der Waals surface area (Å²) in [5.41, 5.74) is 0. The first-order valence-electron chi connectivity index (χ1n) is 14.8. The zero-order chi connectivity index (χ0) is 24.6. The highest BCUT2D eigenvalue weighted by molar-refractivity contribution is 5.89. The minimum Gasteiger partial charge on any atom is -0.346 e. The summed E-state index contributed by atoms with van der Waals surface area (Å²) in [5.74, 6) is 0.689. The molecule has 0 aliphatic carbocycles. The van der Waals surface area contributed by atoms with Gasteiger partial charge < -0.3 is 5.32 Å². The standard InChI is InChI=1S/C30H59NO2/c1-5-7-9-10-11-12-13-14-15-16-17-18-19-20-21-22-23-24-29(32)28(26-27(3)4)31-30(33)25-8-6-2/h27-28H,5-26H2,1-4H3,(H,31,33). The van der Waals surface area contributed by atoms with Crippen LogP contribution in [-0.4, -0.2) is 17.7 Å². The summed E-state index contributed by atoms with van der Waals surface area (Å²) in [6.45, 7) is 8.61. The summed E-state index contributed by atoms with van der Waals surface area (Å²) >= 11 is 0. The molecular weight excluding hydrogens is 406 g/mol. The van der Waals surface area contributed by atoms with Crippen LogP contribution < -0.4 is 5.32 Å². The number of Topliss-reactive ketones (excluding diaryl/α,β-unsaturated/α-hetero) is 1. The topological polar surface area (TPSA) is 46.2 Å². The molecule has 0 aliphatic rings. The van der Waals surface area contributed by atoms with Crippen LogP contribution in [0.3, 0.4) is 0 Å². The van der Waals surface area contributed by atoms with E-state index in [0.717, 1.165) is 32.1 Å². The van der Waals surface area contributed by atoms with Gasteiger partial charge >= 0.3 is 0 Å². The second-order valence-corrected chi connectivity index (χ2v) is 10.7. The summed E-state index contributed by atoms with van der Waals surface area (Å²) < 4.78 is 0. The van der Waals surface area contributed by atoms with Crippen molar-refractivity contribution in [1.29, 1.82) is 0 Å². The Morgan fingerprint density at radius 1 is 0.545 bits per heavy atom. The number of ketones is 1. The van der Waals surface area contributed by atoms with Gasteiger partial charge in [0.2, 0.25) is 5.91 Å². The number of carbonyl (C=O) groups excluding carboxylic acids is 2. The Hall–Kier alpha value is -0.860. The van der Waals surface area contributed by atoms with Crippen molar-refractivity contribution in [3.8, 4) is 0 Å². The van der Waals surface area contributed by atoms with Gasteiger partial charge in [-0.05, 0) is 25.2 Å². The summed E-state index contributed by atoms with van der Waals surface area (Å²) in [7, 11) is 0. The number of nitrogens with one attached hydrogen (secondary N) is 1. The second kappa shape index (κ2) is 24.3. The Morgan fingerprint density at radius 2 is 0.939 bits per heavy atom. The smallest absolute Gasteiger partial charge is 0.220 e. The van der Waals surface area contributed by atoms with Gasteiger partial charge in [0.05, 0.1) is 6.04 Å². The highest BCUT2D eigenvalue weighted by atomic mass is 16.2. The van der Waals surface area contributed by atoms with Crippen LogP contribution in [0.25, 0.3) is 0 Å². The molecule has 0 aliphatic heterocycles. The molecule has 1 N–H and O–H groups in total. The van der Waals surface area contributed by atoms with Crippen LogP contribution in [0.5, 0.6) is 0 Å². The fraction of sp³-hybridized carbons (Fsp3) is 0.933. The van der Waals surface area contributed by atoms with Crippen LogP contribution in [0.2, 0.25) is 0 Å². The van der Waals surface area contributed by atoms with Crippen LogP contribution in [0.15, 0.2) is 0 Å². The first-order chi connectivity index (χ1) is 16.0. The van der Waals surface area contributed by atoms with Gasteiger partial charge in [0.1, 0.15) is 0 Å². The molecule has 33 heavy (non-hydrogen) atoms. The van der Waals surface area contributed by atoms with Crippen molar-refractivity contribution in [2.24, 2.45) is 5.92 Å². The number of amides is 1. The molecule has 1 atom stereocenters. The molecule has 0 saturated heterocycles. The molecule has 0 fully saturated rings. The molecule has 0 rings (SSSR count). The van der Waals surface area contributed by atoms with Crippen LogP contribution in [-0.2, 0) is 9.59 Å². The average molecular weight is 466 g/mol. The Balaban J connectivity index is 3.60. The van der Waals surface area contributed by atoms with E-state index in [1.165, 1.54) is 96.3 Å². The van der Waals surface area contributed by atoms with E-state index in [0.29, 0.717) is 18.8 Å². The van der Waals surface area contributed by atoms with Crippen molar-refractivity contribution in [2.75, 3.05) is 0 Å². The molecule has 0 heterocycles. The lowest BCUT2D eigenvalue weighted by atomic mass is 9.96. The average Bonchev–Trinajstić information content (AvgIpc) is 2.78. The molecule has 0 saturated carbocycles. The maximum Gasteiger partial charge on any atom is 0.220 e. The summed E-state index contributed by atoms with van der Waals surface area (Å²) in [6.07, 6.45) is 26.8. The van der Waals surface area contributed by atoms with Crippen LogP contribution in [0, 0.1) is 5.92 Å². The Kier molecular flexibility index (Phi) is 23.6. The largest absolute Gasteiger partial charge is 0.346 e. The zero-order valence-electron chi connectivity index (χ0n) is 23.0. The molecule has 0 bridgehead atoms. The third kappa shape index (κ3) is 22.7. The molecule has 0 spiro atoms. The SMILES string of the molecule is CCCCCCCCCCCCCCCCCCCC(=O)C(CC(C)C)NC(=O)CCCC. The van der Waals surface area contributed by atoms with E-state index in [4.69, 9.17) is 0 Å². The van der Waals surface area contributed by atoms with Crippen molar-refractivity contribution in [1.82, 2.24) is 5.32 Å². The summed E-state index contributed by atoms with van der Waals surface area (Å²) in [6, 6.07) is -0.282. The number of rotatable bonds is 25. The van der Waals surface area contributed by atoms with E-state index in [1.807, 2.05) is 0 Å². The van der Waals surface area contributed by atoms with Crippen molar-refractivity contribution in [2.45, 2.75) is 175 Å². The molecule has 0 aromatic rings. The van der Waals surface area contributed by atoms with Crippen molar-refractivity contribution in [3.05, 3.63) is 0 Å². The monoisotopic (exact) mass is 465 g/mol. The third-order valence-corrected chi connectivity index (χ3v) is 6.72. The Morgan fingerprint density at radius 3 is 1.33 bits per heavy atom. The lowest BCUT2D eigenvalue weighted by Crippen LogP contribution is -2.41. The van der Waals surface area contributed by atoms with E-state index >= 15 is 0 Å². The minimum absolute atomic E-state index is 0.0401. The predicted molar refractivity (Wildman–Crippen MR) is 145 cm³/mol. The first kappa shape index (κ1) is 32.1. The van der Waals surface area contributed by atoms with E-state index in [-0.39, 0.29) is 17.7 Å².